The van der Waals surface area contributed by atoms with Crippen molar-refractivity contribution in [3.8, 4) is 0 Å². The van der Waals surface area contributed by atoms with Crippen molar-refractivity contribution in [3.63, 3.8) is 0 Å². The number of nitrogens with one attached hydrogen (secondary N) is 2. The molecule has 6 heteroatoms. The van der Waals surface area contributed by atoms with Crippen molar-refractivity contribution in [1.82, 2.24) is 15.2 Å². The van der Waals surface area contributed by atoms with Crippen LogP contribution in [0.5, 0.6) is 0 Å². The molecule has 0 radical (unpaired) electrons. The molecule has 86 valence electrons. The zero-order valence-corrected chi connectivity index (χ0v) is 10.3. The van der Waals surface area contributed by atoms with E-state index in [2.05, 4.69) is 36.4 Å². The molecule has 0 saturated carbocycles. The molecule has 0 aliphatic carbocycles. The maximum Gasteiger partial charge on any atom is 0.250 e. The lowest BCUT2D eigenvalue weighted by Crippen LogP contribution is -2.08. The summed E-state index contributed by atoms with van der Waals surface area (Å²) in [5.74, 6) is 0.0595. The van der Waals surface area contributed by atoms with Gasteiger partial charge in [0.15, 0.2) is 0 Å². The second-order valence-corrected chi connectivity index (χ2v) is 4.03. The van der Waals surface area contributed by atoms with Gasteiger partial charge in [0.2, 0.25) is 5.95 Å². The lowest BCUT2D eigenvalue weighted by atomic mass is 10.2. The summed E-state index contributed by atoms with van der Waals surface area (Å²) in [6, 6.07) is 7.63. The molecule has 1 aromatic carbocycles. The molecule has 5 nitrogen and oxygen atoms in total. The van der Waals surface area contributed by atoms with E-state index in [9.17, 15) is 4.79 Å². The number of H-pyrrole nitrogens is 1. The predicted molar refractivity (Wildman–Crippen MR) is 68.2 cm³/mol. The van der Waals surface area contributed by atoms with Crippen LogP contribution in [0.15, 0.2) is 41.1 Å². The molecular weight excluding hydrogens is 284 g/mol. The number of rotatable bonds is 3. The number of amides is 1. The van der Waals surface area contributed by atoms with Gasteiger partial charge in [0, 0.05) is 10.5 Å². The molecule has 0 bridgehead atoms. The van der Waals surface area contributed by atoms with Crippen LogP contribution in [0.2, 0.25) is 0 Å². The maximum atomic E-state index is 11.5. The molecule has 0 atom stereocenters. The highest BCUT2D eigenvalue weighted by Crippen LogP contribution is 2.16. The van der Waals surface area contributed by atoms with E-state index in [1.54, 1.807) is 6.08 Å². The molecule has 2 rings (SSSR count). The molecule has 1 aromatic heterocycles. The fraction of sp³-hybridized carbons (Fsp3) is 0. The van der Waals surface area contributed by atoms with E-state index in [4.69, 9.17) is 0 Å². The Kier molecular flexibility index (Phi) is 3.66. The summed E-state index contributed by atoms with van der Waals surface area (Å²) >= 11 is 3.40. The number of nitrogens with zero attached hydrogens (tertiary/aromatic N) is 2. The Morgan fingerprint density at radius 2 is 2.24 bits per heavy atom. The van der Waals surface area contributed by atoms with E-state index in [1.807, 2.05) is 24.3 Å². The van der Waals surface area contributed by atoms with Crippen LogP contribution in [0.4, 0.5) is 5.95 Å². The van der Waals surface area contributed by atoms with Crippen LogP contribution in [0.3, 0.4) is 0 Å². The van der Waals surface area contributed by atoms with Gasteiger partial charge in [-0.2, -0.15) is 10.1 Å². The predicted octanol–water partition coefficient (Wildman–Crippen LogP) is 2.22. The van der Waals surface area contributed by atoms with Crippen molar-refractivity contribution in [1.29, 1.82) is 0 Å². The first-order chi connectivity index (χ1) is 8.25. The summed E-state index contributed by atoms with van der Waals surface area (Å²) in [6.45, 7) is 0. The minimum atomic E-state index is -0.266. The molecule has 0 aliphatic rings. The number of benzene rings is 1. The van der Waals surface area contributed by atoms with Crippen molar-refractivity contribution in [2.24, 2.45) is 0 Å². The van der Waals surface area contributed by atoms with Gasteiger partial charge in [0.05, 0.1) is 0 Å². The van der Waals surface area contributed by atoms with Crippen LogP contribution in [0.25, 0.3) is 6.08 Å². The van der Waals surface area contributed by atoms with E-state index < -0.39 is 0 Å². The number of halogens is 1. The third kappa shape index (κ3) is 3.25. The monoisotopic (exact) mass is 292 g/mol. The van der Waals surface area contributed by atoms with Crippen LogP contribution < -0.4 is 5.32 Å². The first kappa shape index (κ1) is 11.5. The molecule has 0 spiro atoms. The zero-order valence-electron chi connectivity index (χ0n) is 8.72. The van der Waals surface area contributed by atoms with Gasteiger partial charge in [0.1, 0.15) is 6.33 Å². The van der Waals surface area contributed by atoms with Crippen molar-refractivity contribution in [3.05, 3.63) is 46.7 Å². The van der Waals surface area contributed by atoms with Gasteiger partial charge in [0.25, 0.3) is 5.91 Å². The smallest absolute Gasteiger partial charge is 0.250 e. The molecule has 0 unspecified atom stereocenters. The molecular formula is C11H9BrN4O. The van der Waals surface area contributed by atoms with Gasteiger partial charge in [-0.1, -0.05) is 34.1 Å². The van der Waals surface area contributed by atoms with E-state index in [-0.39, 0.29) is 5.91 Å². The zero-order chi connectivity index (χ0) is 12.1. The molecule has 0 fully saturated rings. The summed E-state index contributed by atoms with van der Waals surface area (Å²) in [6.07, 6.45) is 4.48. The number of aromatic amines is 1. The van der Waals surface area contributed by atoms with Gasteiger partial charge in [-0.15, -0.1) is 0 Å². The van der Waals surface area contributed by atoms with Crippen molar-refractivity contribution < 1.29 is 4.79 Å². The van der Waals surface area contributed by atoms with E-state index in [0.29, 0.717) is 5.95 Å². The molecule has 0 saturated heterocycles. The van der Waals surface area contributed by atoms with Gasteiger partial charge >= 0.3 is 0 Å². The van der Waals surface area contributed by atoms with E-state index in [1.165, 1.54) is 12.4 Å². The van der Waals surface area contributed by atoms with Crippen molar-refractivity contribution >= 4 is 33.9 Å². The normalized spacial score (nSPS) is 10.6. The molecule has 1 amide bonds. The number of aromatic nitrogens is 3. The first-order valence-electron chi connectivity index (χ1n) is 4.84. The Bertz CT molecular complexity index is 536. The number of carbonyl (C=O) groups is 1. The molecule has 2 N–H and O–H groups in total. The molecule has 0 aliphatic heterocycles. The van der Waals surface area contributed by atoms with E-state index >= 15 is 0 Å². The molecule has 2 aromatic rings. The standard InChI is InChI=1S/C11H9BrN4O/c12-9-4-2-1-3-8(9)5-6-10(17)15-11-13-7-14-16-11/h1-7H,(H2,13,14,15,16,17). The van der Waals surface area contributed by atoms with Gasteiger partial charge in [-0.25, -0.2) is 5.10 Å². The van der Waals surface area contributed by atoms with Gasteiger partial charge in [-0.3, -0.25) is 10.1 Å². The fourth-order valence-corrected chi connectivity index (χ4v) is 1.62. The second kappa shape index (κ2) is 5.40. The Morgan fingerprint density at radius 1 is 1.41 bits per heavy atom. The van der Waals surface area contributed by atoms with Crippen molar-refractivity contribution in [2.75, 3.05) is 5.32 Å². The third-order valence-electron chi connectivity index (χ3n) is 1.98. The summed E-state index contributed by atoms with van der Waals surface area (Å²) in [7, 11) is 0. The van der Waals surface area contributed by atoms with Gasteiger partial charge in [-0.05, 0) is 17.7 Å². The molecule has 1 heterocycles. The average Bonchev–Trinajstić information content (AvgIpc) is 2.81. The van der Waals surface area contributed by atoms with Crippen LogP contribution >= 0.6 is 15.9 Å². The molecule has 17 heavy (non-hydrogen) atoms. The Hall–Kier alpha value is -1.95. The topological polar surface area (TPSA) is 70.7 Å². The highest BCUT2D eigenvalue weighted by atomic mass is 79.9. The average molecular weight is 293 g/mol. The number of carbonyl (C=O) groups excluding carboxylic acids is 1. The maximum absolute atomic E-state index is 11.5. The highest BCUT2D eigenvalue weighted by Gasteiger charge is 2.00. The van der Waals surface area contributed by atoms with Crippen molar-refractivity contribution in [2.45, 2.75) is 0 Å². The SMILES string of the molecule is O=C(C=Cc1ccccc1Br)Nc1ncn[nH]1. The lowest BCUT2D eigenvalue weighted by molar-refractivity contribution is -0.111. The second-order valence-electron chi connectivity index (χ2n) is 3.18. The Labute approximate surface area is 106 Å². The van der Waals surface area contributed by atoms with Crippen LogP contribution in [0.1, 0.15) is 5.56 Å². The van der Waals surface area contributed by atoms with Crippen LogP contribution in [-0.2, 0) is 4.79 Å². The van der Waals surface area contributed by atoms with Crippen LogP contribution in [-0.4, -0.2) is 21.1 Å². The quantitative estimate of drug-likeness (QED) is 0.852. The van der Waals surface area contributed by atoms with E-state index in [0.717, 1.165) is 10.0 Å². The third-order valence-corrected chi connectivity index (χ3v) is 2.70. The van der Waals surface area contributed by atoms with Crippen LogP contribution in [0, 0.1) is 0 Å². The minimum absolute atomic E-state index is 0.266. The summed E-state index contributed by atoms with van der Waals surface area (Å²) in [5, 5.41) is 8.71. The lowest BCUT2D eigenvalue weighted by Gasteiger charge is -1.97. The number of hydrogen-bond donors (Lipinski definition) is 2. The minimum Gasteiger partial charge on any atom is -0.291 e. The first-order valence-corrected chi connectivity index (χ1v) is 5.64. The summed E-state index contributed by atoms with van der Waals surface area (Å²) in [5.41, 5.74) is 0.931. The number of hydrogen-bond acceptors (Lipinski definition) is 3. The highest BCUT2D eigenvalue weighted by molar-refractivity contribution is 9.10. The van der Waals surface area contributed by atoms with Gasteiger partial charge < -0.3 is 0 Å². The largest absolute Gasteiger partial charge is 0.291 e. The Balaban J connectivity index is 2.01. The Morgan fingerprint density at radius 3 is 2.94 bits per heavy atom. The fourth-order valence-electron chi connectivity index (χ4n) is 1.20. The summed E-state index contributed by atoms with van der Waals surface area (Å²) < 4.78 is 0.934. The number of anilines is 1. The summed E-state index contributed by atoms with van der Waals surface area (Å²) in [4.78, 5) is 15.3.